The van der Waals surface area contributed by atoms with Gasteiger partial charge < -0.3 is 15.4 Å². The van der Waals surface area contributed by atoms with Crippen molar-refractivity contribution in [3.05, 3.63) is 89.5 Å². The van der Waals surface area contributed by atoms with E-state index in [1.54, 1.807) is 24.5 Å². The fourth-order valence-corrected chi connectivity index (χ4v) is 4.59. The zero-order valence-electron chi connectivity index (χ0n) is 19.8. The van der Waals surface area contributed by atoms with Crippen LogP contribution >= 0.6 is 0 Å². The number of nitrogens with one attached hydrogen (secondary N) is 3. The molecule has 6 rings (SSSR count). The molecule has 0 aliphatic heterocycles. The second-order valence-electron chi connectivity index (χ2n) is 8.88. The van der Waals surface area contributed by atoms with Gasteiger partial charge in [-0.25, -0.2) is 14.4 Å². The lowest BCUT2D eigenvalue weighted by atomic mass is 10.1. The predicted molar refractivity (Wildman–Crippen MR) is 137 cm³/mol. The molecule has 0 spiro atoms. The van der Waals surface area contributed by atoms with Crippen molar-refractivity contribution in [3.63, 3.8) is 0 Å². The van der Waals surface area contributed by atoms with Gasteiger partial charge in [-0.15, -0.1) is 5.10 Å². The normalized spacial score (nSPS) is 12.9. The van der Waals surface area contributed by atoms with Gasteiger partial charge in [-0.05, 0) is 47.7 Å². The quantitative estimate of drug-likeness (QED) is 0.320. The van der Waals surface area contributed by atoms with Gasteiger partial charge in [0.25, 0.3) is 5.91 Å². The number of carbonyl (C=O) groups is 1. The maximum Gasteiger partial charge on any atom is 0.258 e. The molecule has 3 N–H and O–H groups in total. The van der Waals surface area contributed by atoms with Crippen molar-refractivity contribution < 1.29 is 13.9 Å². The summed E-state index contributed by atoms with van der Waals surface area (Å²) in [4.78, 5) is 21.8. The molecule has 0 saturated heterocycles. The maximum atomic E-state index is 14.5. The number of fused-ring (bicyclic) bond motifs is 2. The second kappa shape index (κ2) is 9.30. The Labute approximate surface area is 211 Å². The molecule has 3 aromatic carbocycles. The second-order valence-corrected chi connectivity index (χ2v) is 8.88. The first-order valence-electron chi connectivity index (χ1n) is 11.7. The monoisotopic (exact) mass is 495 g/mol. The lowest BCUT2D eigenvalue weighted by Gasteiger charge is -2.13. The number of aromatic nitrogens is 5. The Hall–Kier alpha value is -4.86. The van der Waals surface area contributed by atoms with Crippen LogP contribution in [0.4, 0.5) is 16.0 Å². The standard InChI is InChI=1S/C27H22FN7O2/c1-37-21-9-17(8-20(10-21)31-26(36)22-11-24-25(12-23(22)28)34-35-33-24)18-13-29-27(30-14-18)32-19-6-15-4-2-3-5-16(15)7-19/h2-5,8-14,19H,6-7H2,1H3,(H,31,36)(H,29,30,32)(H,33,34,35). The van der Waals surface area contributed by atoms with E-state index in [1.165, 1.54) is 30.4 Å². The smallest absolute Gasteiger partial charge is 0.258 e. The molecule has 10 heteroatoms. The van der Waals surface area contributed by atoms with Crippen LogP contribution in [0, 0.1) is 5.82 Å². The molecule has 0 radical (unpaired) electrons. The first kappa shape index (κ1) is 22.6. The summed E-state index contributed by atoms with van der Waals surface area (Å²) in [5.41, 5.74) is 5.28. The van der Waals surface area contributed by atoms with Gasteiger partial charge in [-0.1, -0.05) is 29.5 Å². The van der Waals surface area contributed by atoms with Crippen LogP contribution in [-0.2, 0) is 12.8 Å². The van der Waals surface area contributed by atoms with E-state index in [0.29, 0.717) is 28.4 Å². The molecular weight excluding hydrogens is 473 g/mol. The molecule has 1 amide bonds. The van der Waals surface area contributed by atoms with Crippen molar-refractivity contribution in [3.8, 4) is 16.9 Å². The maximum absolute atomic E-state index is 14.5. The summed E-state index contributed by atoms with van der Waals surface area (Å²) < 4.78 is 19.9. The Bertz CT molecular complexity index is 1590. The average Bonchev–Trinajstić information content (AvgIpc) is 3.54. The Morgan fingerprint density at radius 1 is 1.03 bits per heavy atom. The average molecular weight is 496 g/mol. The van der Waals surface area contributed by atoms with Crippen molar-refractivity contribution in [1.82, 2.24) is 25.4 Å². The highest BCUT2D eigenvalue weighted by Crippen LogP contribution is 2.29. The molecular formula is C27H22FN7O2. The van der Waals surface area contributed by atoms with Crippen LogP contribution in [0.5, 0.6) is 5.75 Å². The number of nitrogens with zero attached hydrogens (tertiary/aromatic N) is 4. The van der Waals surface area contributed by atoms with Crippen LogP contribution in [-0.4, -0.2) is 44.4 Å². The lowest BCUT2D eigenvalue weighted by Crippen LogP contribution is -2.20. The number of anilines is 2. The molecule has 2 aromatic heterocycles. The molecule has 1 aliphatic carbocycles. The molecule has 0 saturated carbocycles. The van der Waals surface area contributed by atoms with Gasteiger partial charge in [0.15, 0.2) is 0 Å². The minimum Gasteiger partial charge on any atom is -0.497 e. The van der Waals surface area contributed by atoms with Crippen LogP contribution in [0.1, 0.15) is 21.5 Å². The SMILES string of the molecule is COc1cc(NC(=O)c2cc3nn[nH]c3cc2F)cc(-c2cnc(NC3Cc4ccccc4C3)nc2)c1. The Kier molecular flexibility index (Phi) is 5.68. The van der Waals surface area contributed by atoms with Crippen molar-refractivity contribution >= 4 is 28.6 Å². The number of rotatable bonds is 6. The van der Waals surface area contributed by atoms with E-state index in [2.05, 4.69) is 60.3 Å². The van der Waals surface area contributed by atoms with Gasteiger partial charge in [0, 0.05) is 41.8 Å². The number of amides is 1. The Balaban J connectivity index is 1.20. The van der Waals surface area contributed by atoms with Crippen LogP contribution < -0.4 is 15.4 Å². The van der Waals surface area contributed by atoms with Crippen molar-refractivity contribution in [2.45, 2.75) is 18.9 Å². The highest BCUT2D eigenvalue weighted by Gasteiger charge is 2.21. The Morgan fingerprint density at radius 2 is 1.78 bits per heavy atom. The molecule has 2 heterocycles. The third-order valence-corrected chi connectivity index (χ3v) is 6.43. The van der Waals surface area contributed by atoms with Gasteiger partial charge >= 0.3 is 0 Å². The summed E-state index contributed by atoms with van der Waals surface area (Å²) in [6.45, 7) is 0. The lowest BCUT2D eigenvalue weighted by molar-refractivity contribution is 0.102. The molecule has 0 fully saturated rings. The van der Waals surface area contributed by atoms with Gasteiger partial charge in [-0.3, -0.25) is 9.89 Å². The summed E-state index contributed by atoms with van der Waals surface area (Å²) in [6, 6.07) is 16.4. The minimum absolute atomic E-state index is 0.140. The number of aromatic amines is 1. The zero-order chi connectivity index (χ0) is 25.4. The topological polar surface area (TPSA) is 118 Å². The molecule has 184 valence electrons. The van der Waals surface area contributed by atoms with Crippen molar-refractivity contribution in [2.75, 3.05) is 17.7 Å². The molecule has 0 bridgehead atoms. The summed E-state index contributed by atoms with van der Waals surface area (Å²) in [6.07, 6.45) is 5.31. The number of methoxy groups -OCH3 is 1. The summed E-state index contributed by atoms with van der Waals surface area (Å²) in [7, 11) is 1.53. The van der Waals surface area contributed by atoms with E-state index in [1.807, 2.05) is 6.07 Å². The number of carbonyl (C=O) groups excluding carboxylic acids is 1. The van der Waals surface area contributed by atoms with E-state index in [9.17, 15) is 9.18 Å². The molecule has 1 aliphatic rings. The zero-order valence-corrected chi connectivity index (χ0v) is 19.8. The Morgan fingerprint density at radius 3 is 2.51 bits per heavy atom. The van der Waals surface area contributed by atoms with E-state index in [0.717, 1.165) is 24.0 Å². The van der Waals surface area contributed by atoms with Crippen LogP contribution in [0.25, 0.3) is 22.2 Å². The number of halogens is 1. The highest BCUT2D eigenvalue weighted by atomic mass is 19.1. The van der Waals surface area contributed by atoms with Crippen molar-refractivity contribution in [2.24, 2.45) is 0 Å². The first-order valence-corrected chi connectivity index (χ1v) is 11.7. The number of hydrogen-bond acceptors (Lipinski definition) is 7. The minimum atomic E-state index is -0.680. The molecule has 5 aromatic rings. The third kappa shape index (κ3) is 4.56. The number of ether oxygens (including phenoxy) is 1. The van der Waals surface area contributed by atoms with E-state index < -0.39 is 11.7 Å². The van der Waals surface area contributed by atoms with Crippen LogP contribution in [0.2, 0.25) is 0 Å². The van der Waals surface area contributed by atoms with Gasteiger partial charge in [0.1, 0.15) is 17.1 Å². The molecule has 0 atom stereocenters. The fraction of sp³-hybridized carbons (Fsp3) is 0.148. The third-order valence-electron chi connectivity index (χ3n) is 6.43. The van der Waals surface area contributed by atoms with E-state index in [-0.39, 0.29) is 11.6 Å². The largest absolute Gasteiger partial charge is 0.497 e. The number of H-pyrrole nitrogens is 1. The summed E-state index contributed by atoms with van der Waals surface area (Å²) >= 11 is 0. The first-order chi connectivity index (χ1) is 18.1. The van der Waals surface area contributed by atoms with E-state index in [4.69, 9.17) is 4.74 Å². The fourth-order valence-electron chi connectivity index (χ4n) is 4.59. The van der Waals surface area contributed by atoms with Gasteiger partial charge in [-0.2, -0.15) is 0 Å². The van der Waals surface area contributed by atoms with Gasteiger partial charge in [0.2, 0.25) is 5.95 Å². The van der Waals surface area contributed by atoms with Crippen LogP contribution in [0.3, 0.4) is 0 Å². The number of benzene rings is 3. The van der Waals surface area contributed by atoms with Crippen LogP contribution in [0.15, 0.2) is 67.0 Å². The summed E-state index contributed by atoms with van der Waals surface area (Å²) in [5.74, 6) is -0.223. The molecule has 0 unspecified atom stereocenters. The molecule has 37 heavy (non-hydrogen) atoms. The van der Waals surface area contributed by atoms with Crippen molar-refractivity contribution in [1.29, 1.82) is 0 Å². The van der Waals surface area contributed by atoms with E-state index >= 15 is 0 Å². The molecule has 9 nitrogen and oxygen atoms in total. The summed E-state index contributed by atoms with van der Waals surface area (Å²) in [5, 5.41) is 16.2. The highest BCUT2D eigenvalue weighted by molar-refractivity contribution is 6.06. The number of hydrogen-bond donors (Lipinski definition) is 3. The predicted octanol–water partition coefficient (Wildman–Crippen LogP) is 4.39. The van der Waals surface area contributed by atoms with Gasteiger partial charge in [0.05, 0.1) is 18.2 Å².